The van der Waals surface area contributed by atoms with Crippen LogP contribution in [0.2, 0.25) is 0 Å². The molecule has 0 saturated carbocycles. The Bertz CT molecular complexity index is 175. The van der Waals surface area contributed by atoms with Gasteiger partial charge in [-0.1, -0.05) is 13.3 Å². The zero-order valence-electron chi connectivity index (χ0n) is 10.2. The Morgan fingerprint density at radius 3 is 2.93 bits per heavy atom. The van der Waals surface area contributed by atoms with Crippen molar-refractivity contribution in [3.8, 4) is 0 Å². The van der Waals surface area contributed by atoms with Crippen LogP contribution in [0.3, 0.4) is 0 Å². The van der Waals surface area contributed by atoms with E-state index >= 15 is 0 Å². The molecule has 2 saturated heterocycles. The molecule has 88 valence electrons. The Morgan fingerprint density at radius 2 is 2.20 bits per heavy atom. The summed E-state index contributed by atoms with van der Waals surface area (Å²) in [7, 11) is 0. The Labute approximate surface area is 94.4 Å². The average molecular weight is 210 g/mol. The average Bonchev–Trinajstić information content (AvgIpc) is 2.79. The van der Waals surface area contributed by atoms with Crippen molar-refractivity contribution >= 4 is 0 Å². The number of nitrogens with zero attached hydrogens (tertiary/aromatic N) is 1. The Balaban J connectivity index is 1.71. The van der Waals surface area contributed by atoms with E-state index in [2.05, 4.69) is 17.1 Å². The number of piperidine rings is 1. The van der Waals surface area contributed by atoms with E-state index < -0.39 is 0 Å². The van der Waals surface area contributed by atoms with E-state index in [4.69, 9.17) is 0 Å². The molecule has 2 unspecified atom stereocenters. The van der Waals surface area contributed by atoms with Crippen molar-refractivity contribution < 1.29 is 0 Å². The lowest BCUT2D eigenvalue weighted by molar-refractivity contribution is 0.136. The van der Waals surface area contributed by atoms with Crippen LogP contribution in [0.4, 0.5) is 0 Å². The first-order valence-corrected chi connectivity index (χ1v) is 6.85. The minimum atomic E-state index is 0.896. The van der Waals surface area contributed by atoms with Crippen molar-refractivity contribution in [2.75, 3.05) is 26.2 Å². The number of hydrogen-bond acceptors (Lipinski definition) is 2. The van der Waals surface area contributed by atoms with Gasteiger partial charge in [-0.25, -0.2) is 0 Å². The highest BCUT2D eigenvalue weighted by atomic mass is 15.2. The molecule has 2 aliphatic heterocycles. The van der Waals surface area contributed by atoms with E-state index in [0.29, 0.717) is 0 Å². The summed E-state index contributed by atoms with van der Waals surface area (Å²) in [5.74, 6) is 0.962. The van der Waals surface area contributed by atoms with Crippen molar-refractivity contribution in [3.63, 3.8) is 0 Å². The maximum Gasteiger partial charge on any atom is 0.00926 e. The Morgan fingerprint density at radius 1 is 1.27 bits per heavy atom. The van der Waals surface area contributed by atoms with Crippen LogP contribution in [0.25, 0.3) is 0 Å². The van der Waals surface area contributed by atoms with Crippen molar-refractivity contribution in [2.24, 2.45) is 5.92 Å². The molecule has 0 radical (unpaired) electrons. The number of likely N-dealkylation sites (tertiary alicyclic amines) is 1. The normalized spacial score (nSPS) is 33.4. The largest absolute Gasteiger partial charge is 0.316 e. The number of rotatable bonds is 4. The van der Waals surface area contributed by atoms with Crippen molar-refractivity contribution in [2.45, 2.75) is 51.5 Å². The third-order valence-electron chi connectivity index (χ3n) is 4.21. The quantitative estimate of drug-likeness (QED) is 0.765. The van der Waals surface area contributed by atoms with E-state index in [1.807, 2.05) is 0 Å². The van der Waals surface area contributed by atoms with Crippen LogP contribution in [0.5, 0.6) is 0 Å². The van der Waals surface area contributed by atoms with Gasteiger partial charge in [0.25, 0.3) is 0 Å². The summed E-state index contributed by atoms with van der Waals surface area (Å²) >= 11 is 0. The van der Waals surface area contributed by atoms with Crippen LogP contribution in [-0.2, 0) is 0 Å². The second-order valence-corrected chi connectivity index (χ2v) is 5.24. The van der Waals surface area contributed by atoms with Crippen LogP contribution in [-0.4, -0.2) is 37.1 Å². The highest BCUT2D eigenvalue weighted by Gasteiger charge is 2.22. The zero-order valence-corrected chi connectivity index (χ0v) is 10.2. The predicted molar refractivity (Wildman–Crippen MR) is 65.1 cm³/mol. The summed E-state index contributed by atoms with van der Waals surface area (Å²) in [6.07, 6.45) is 8.51. The highest BCUT2D eigenvalue weighted by Crippen LogP contribution is 2.21. The topological polar surface area (TPSA) is 15.3 Å². The van der Waals surface area contributed by atoms with Gasteiger partial charge >= 0.3 is 0 Å². The summed E-state index contributed by atoms with van der Waals surface area (Å²) in [4.78, 5) is 2.75. The molecule has 2 heterocycles. The Kier molecular flexibility index (Phi) is 4.45. The molecule has 2 aliphatic rings. The molecule has 0 aromatic rings. The van der Waals surface area contributed by atoms with Gasteiger partial charge in [-0.3, -0.25) is 0 Å². The van der Waals surface area contributed by atoms with Gasteiger partial charge < -0.3 is 10.2 Å². The molecule has 2 rings (SSSR count). The molecule has 0 aliphatic carbocycles. The summed E-state index contributed by atoms with van der Waals surface area (Å²) in [5.41, 5.74) is 0. The molecular formula is C13H26N2. The van der Waals surface area contributed by atoms with Crippen LogP contribution < -0.4 is 5.32 Å². The molecule has 2 fully saturated rings. The van der Waals surface area contributed by atoms with Crippen molar-refractivity contribution in [1.82, 2.24) is 10.2 Å². The molecule has 0 amide bonds. The summed E-state index contributed by atoms with van der Waals surface area (Å²) in [5, 5.41) is 3.47. The molecule has 15 heavy (non-hydrogen) atoms. The standard InChI is InChI=1S/C13H26N2/c1-2-13-5-3-4-9-15(13)10-7-12-6-8-14-11-12/h12-14H,2-11H2,1H3. The van der Waals surface area contributed by atoms with Gasteiger partial charge in [-0.05, 0) is 64.2 Å². The second-order valence-electron chi connectivity index (χ2n) is 5.24. The molecule has 2 nitrogen and oxygen atoms in total. The second kappa shape index (κ2) is 5.86. The summed E-state index contributed by atoms with van der Waals surface area (Å²) < 4.78 is 0. The monoisotopic (exact) mass is 210 g/mol. The lowest BCUT2D eigenvalue weighted by atomic mass is 9.98. The first-order chi connectivity index (χ1) is 7.40. The molecule has 1 N–H and O–H groups in total. The van der Waals surface area contributed by atoms with E-state index in [1.54, 1.807) is 0 Å². The molecule has 0 aromatic carbocycles. The van der Waals surface area contributed by atoms with Gasteiger partial charge in [-0.2, -0.15) is 0 Å². The SMILES string of the molecule is CCC1CCCCN1CCC1CCNC1. The first-order valence-electron chi connectivity index (χ1n) is 6.85. The van der Waals surface area contributed by atoms with E-state index in [0.717, 1.165) is 12.0 Å². The lowest BCUT2D eigenvalue weighted by Crippen LogP contribution is -2.40. The van der Waals surface area contributed by atoms with E-state index in [1.165, 1.54) is 64.7 Å². The van der Waals surface area contributed by atoms with Gasteiger partial charge in [0.2, 0.25) is 0 Å². The van der Waals surface area contributed by atoms with Crippen LogP contribution in [0.15, 0.2) is 0 Å². The maximum absolute atomic E-state index is 3.47. The lowest BCUT2D eigenvalue weighted by Gasteiger charge is -2.35. The van der Waals surface area contributed by atoms with Crippen LogP contribution in [0.1, 0.15) is 45.4 Å². The fourth-order valence-electron chi connectivity index (χ4n) is 3.13. The maximum atomic E-state index is 3.47. The van der Waals surface area contributed by atoms with Gasteiger partial charge in [0.1, 0.15) is 0 Å². The highest BCUT2D eigenvalue weighted by molar-refractivity contribution is 4.78. The molecule has 2 atom stereocenters. The fraction of sp³-hybridized carbons (Fsp3) is 1.00. The minimum Gasteiger partial charge on any atom is -0.316 e. The smallest absolute Gasteiger partial charge is 0.00926 e. The van der Waals surface area contributed by atoms with Gasteiger partial charge in [0.05, 0.1) is 0 Å². The van der Waals surface area contributed by atoms with Gasteiger partial charge in [0.15, 0.2) is 0 Å². The van der Waals surface area contributed by atoms with Gasteiger partial charge in [-0.15, -0.1) is 0 Å². The third kappa shape index (κ3) is 3.18. The van der Waals surface area contributed by atoms with Crippen molar-refractivity contribution in [1.29, 1.82) is 0 Å². The summed E-state index contributed by atoms with van der Waals surface area (Å²) in [6, 6.07) is 0.896. The van der Waals surface area contributed by atoms with Crippen LogP contribution in [0, 0.1) is 5.92 Å². The van der Waals surface area contributed by atoms with E-state index in [9.17, 15) is 0 Å². The fourth-order valence-corrected chi connectivity index (χ4v) is 3.13. The van der Waals surface area contributed by atoms with Crippen molar-refractivity contribution in [3.05, 3.63) is 0 Å². The predicted octanol–water partition coefficient (Wildman–Crippen LogP) is 2.25. The zero-order chi connectivity index (χ0) is 10.5. The third-order valence-corrected chi connectivity index (χ3v) is 4.21. The van der Waals surface area contributed by atoms with E-state index in [-0.39, 0.29) is 0 Å². The summed E-state index contributed by atoms with van der Waals surface area (Å²) in [6.45, 7) is 7.58. The number of nitrogens with one attached hydrogen (secondary N) is 1. The molecule has 0 spiro atoms. The number of hydrogen-bond donors (Lipinski definition) is 1. The first kappa shape index (κ1) is 11.4. The van der Waals surface area contributed by atoms with Gasteiger partial charge in [0, 0.05) is 6.04 Å². The Hall–Kier alpha value is -0.0800. The molecular weight excluding hydrogens is 184 g/mol. The molecule has 0 bridgehead atoms. The molecule has 2 heteroatoms. The van der Waals surface area contributed by atoms with Crippen LogP contribution >= 0.6 is 0 Å². The molecule has 0 aromatic heterocycles. The minimum absolute atomic E-state index is 0.896.